The molecule has 0 aromatic carbocycles. The number of carbonyl (C=O) groups excluding carboxylic acids is 1. The Hall–Kier alpha value is -3.27. The van der Waals surface area contributed by atoms with Gasteiger partial charge in [0.25, 0.3) is 0 Å². The summed E-state index contributed by atoms with van der Waals surface area (Å²) in [5, 5.41) is 98.8. The van der Waals surface area contributed by atoms with E-state index in [0.29, 0.717) is 36.3 Å². The van der Waals surface area contributed by atoms with Crippen molar-refractivity contribution in [3.8, 4) is 0 Å². The molecule has 4 heterocycles. The van der Waals surface area contributed by atoms with Gasteiger partial charge in [-0.05, 0) is 37.8 Å². The Morgan fingerprint density at radius 3 is 2.55 bits per heavy atom. The Morgan fingerprint density at radius 1 is 1.15 bits per heavy atom. The number of rotatable bonds is 15. The molecular weight excluding hydrogens is 859 g/mol. The highest BCUT2D eigenvalue weighted by atomic mass is 33.1. The monoisotopic (exact) mass is 917 g/mol. The van der Waals surface area contributed by atoms with Crippen LogP contribution in [0.2, 0.25) is 0 Å². The molecule has 0 radical (unpaired) electrons. The highest BCUT2D eigenvalue weighted by Crippen LogP contribution is 2.42. The van der Waals surface area contributed by atoms with Crippen LogP contribution in [0.1, 0.15) is 19.3 Å². The molecule has 62 heavy (non-hydrogen) atoms. The van der Waals surface area contributed by atoms with E-state index in [9.17, 15) is 55.5 Å². The molecule has 348 valence electrons. The molecule has 2 fully saturated rings. The number of aliphatic hydroxyl groups is 8. The lowest BCUT2D eigenvalue weighted by molar-refractivity contribution is -0.416. The van der Waals surface area contributed by atoms with Crippen molar-refractivity contribution in [1.29, 1.82) is 0 Å². The standard InChI is InChI=1S/C39H59N5O16S2/c1-3-23-24-7-5-20-11-44(12-25(34(51)52)31(20)43-38(40)42-9-4-10-45)22(14-47)18-61-62-19-27-21(13-46)6-8-28(27)57-35(53)26(24)17-56-36(23)60-37-33(59-30(16-49)41-2)39(54,55)32(50)29(15-48)58-37/h3,5,7,12,17,21-24,27-30,32-33,36-37,41,45-50,54-55H,1,4,6,8-11,13-16,18-19H2,2H3,(H,51,52)(H3,40,42,43)/b7-5+/t21-,22-,23+,24-,27+,28+,29+,30+,32+,33-,36-,37-/m0/s1. The van der Waals surface area contributed by atoms with Gasteiger partial charge in [0.15, 0.2) is 18.4 Å². The van der Waals surface area contributed by atoms with Gasteiger partial charge in [0.2, 0.25) is 12.1 Å². The summed E-state index contributed by atoms with van der Waals surface area (Å²) < 4.78 is 29.8. The number of fused-ring (bicyclic) bond motifs is 4. The van der Waals surface area contributed by atoms with Crippen LogP contribution in [0.5, 0.6) is 0 Å². The Balaban J connectivity index is 1.62. The number of likely N-dealkylation sites (N-methyl/N-ethyl adjacent to an activating group) is 1. The minimum atomic E-state index is -3.10. The summed E-state index contributed by atoms with van der Waals surface area (Å²) in [7, 11) is 4.37. The first kappa shape index (κ1) is 49.7. The van der Waals surface area contributed by atoms with Crippen LogP contribution in [0.3, 0.4) is 0 Å². The molecule has 12 atom stereocenters. The third kappa shape index (κ3) is 11.5. The van der Waals surface area contributed by atoms with Crippen molar-refractivity contribution < 1.29 is 79.2 Å². The number of aliphatic hydroxyl groups excluding tert-OH is 6. The molecule has 5 rings (SSSR count). The summed E-state index contributed by atoms with van der Waals surface area (Å²) in [4.78, 5) is 33.1. The second-order valence-electron chi connectivity index (χ2n) is 15.3. The van der Waals surface area contributed by atoms with E-state index in [0.717, 1.165) is 6.26 Å². The molecule has 1 aliphatic carbocycles. The minimum absolute atomic E-state index is 0.00313. The molecule has 0 aromatic rings. The maximum absolute atomic E-state index is 14.3. The van der Waals surface area contributed by atoms with Crippen molar-refractivity contribution >= 4 is 39.5 Å². The van der Waals surface area contributed by atoms with Gasteiger partial charge in [-0.15, -0.1) is 6.58 Å². The molecule has 13 N–H and O–H groups in total. The zero-order valence-electron chi connectivity index (χ0n) is 34.2. The van der Waals surface area contributed by atoms with Gasteiger partial charge in [-0.2, -0.15) is 0 Å². The fourth-order valence-electron chi connectivity index (χ4n) is 7.87. The van der Waals surface area contributed by atoms with Gasteiger partial charge < -0.3 is 85.6 Å². The predicted molar refractivity (Wildman–Crippen MR) is 224 cm³/mol. The van der Waals surface area contributed by atoms with E-state index in [-0.39, 0.29) is 67.5 Å². The van der Waals surface area contributed by atoms with Crippen LogP contribution in [0.25, 0.3) is 0 Å². The summed E-state index contributed by atoms with van der Waals surface area (Å²) in [6.07, 6.45) is -2.12. The Kier molecular flexibility index (Phi) is 18.5. The van der Waals surface area contributed by atoms with Crippen molar-refractivity contribution in [2.45, 2.75) is 74.3 Å². The quantitative estimate of drug-likeness (QED) is 0.0153. The summed E-state index contributed by atoms with van der Waals surface area (Å²) >= 11 is 0. The van der Waals surface area contributed by atoms with Crippen LogP contribution in [0.15, 0.2) is 64.7 Å². The number of nitrogens with one attached hydrogen (secondary N) is 2. The molecule has 0 aromatic heterocycles. The van der Waals surface area contributed by atoms with Gasteiger partial charge in [-0.25, -0.2) is 9.59 Å². The third-order valence-electron chi connectivity index (χ3n) is 11.4. The van der Waals surface area contributed by atoms with E-state index in [4.69, 9.17) is 29.4 Å². The van der Waals surface area contributed by atoms with E-state index in [1.54, 1.807) is 17.1 Å². The molecule has 23 heteroatoms. The number of ether oxygens (including phenoxy) is 5. The van der Waals surface area contributed by atoms with E-state index < -0.39 is 92.0 Å². The van der Waals surface area contributed by atoms with Crippen LogP contribution in [0, 0.1) is 23.7 Å². The van der Waals surface area contributed by atoms with Crippen molar-refractivity contribution in [2.24, 2.45) is 34.4 Å². The molecule has 4 aliphatic heterocycles. The number of allylic oxidation sites excluding steroid dienone is 1. The maximum Gasteiger partial charge on any atom is 0.339 e. The number of aliphatic imine (C=N–C) groups is 1. The smallest absolute Gasteiger partial charge is 0.339 e. The highest BCUT2D eigenvalue weighted by molar-refractivity contribution is 8.76. The van der Waals surface area contributed by atoms with Crippen molar-refractivity contribution in [3.05, 3.63) is 59.7 Å². The van der Waals surface area contributed by atoms with Gasteiger partial charge in [0.1, 0.15) is 24.5 Å². The number of aliphatic carboxylic acids is 1. The number of nitrogens with zero attached hydrogens (tertiary/aromatic N) is 2. The van der Waals surface area contributed by atoms with Gasteiger partial charge in [0, 0.05) is 55.8 Å². The number of esters is 1. The van der Waals surface area contributed by atoms with Crippen molar-refractivity contribution in [2.75, 3.05) is 64.7 Å². The number of carboxylic acids is 1. The second kappa shape index (κ2) is 23.1. The zero-order chi connectivity index (χ0) is 45.1. The normalized spacial score (nSPS) is 34.1. The number of hydrogen-bond acceptors (Lipinski definition) is 20. The minimum Gasteiger partial charge on any atom is -0.478 e. The number of carbonyl (C=O) groups is 2. The summed E-state index contributed by atoms with van der Waals surface area (Å²) in [5.41, 5.74) is 6.40. The predicted octanol–water partition coefficient (Wildman–Crippen LogP) is -2.59. The molecule has 1 saturated carbocycles. The topological polar surface area (TPSA) is 328 Å². The molecule has 0 spiro atoms. The number of carboxylic acid groups (broad SMARTS) is 1. The molecule has 21 nitrogen and oxygen atoms in total. The van der Waals surface area contributed by atoms with Gasteiger partial charge in [-0.3, -0.25) is 10.3 Å². The fraction of sp³-hybridized carbons (Fsp3) is 0.667. The third-order valence-corrected chi connectivity index (χ3v) is 14.0. The number of nitrogens with two attached hydrogens (primary N) is 1. The molecular formula is C39H59N5O16S2. The number of guanidine groups is 1. The molecule has 0 amide bonds. The van der Waals surface area contributed by atoms with Crippen molar-refractivity contribution in [1.82, 2.24) is 15.5 Å². The van der Waals surface area contributed by atoms with Crippen molar-refractivity contribution in [3.63, 3.8) is 0 Å². The summed E-state index contributed by atoms with van der Waals surface area (Å²) in [6, 6.07) is -0.552. The molecule has 2 bridgehead atoms. The van der Waals surface area contributed by atoms with E-state index in [2.05, 4.69) is 22.2 Å². The second-order valence-corrected chi connectivity index (χ2v) is 17.9. The molecule has 1 saturated heterocycles. The van der Waals surface area contributed by atoms with Crippen LogP contribution >= 0.6 is 21.6 Å². The summed E-state index contributed by atoms with van der Waals surface area (Å²) in [6.45, 7) is 2.06. The van der Waals surface area contributed by atoms with E-state index in [1.165, 1.54) is 40.9 Å². The first-order chi connectivity index (χ1) is 29.8. The highest BCUT2D eigenvalue weighted by Gasteiger charge is 2.58. The lowest BCUT2D eigenvalue weighted by Crippen LogP contribution is -2.69. The van der Waals surface area contributed by atoms with Gasteiger partial charge in [0.05, 0.1) is 54.9 Å². The van der Waals surface area contributed by atoms with E-state index >= 15 is 0 Å². The Bertz CT molecular complexity index is 1710. The fourth-order valence-corrected chi connectivity index (χ4v) is 10.7. The number of hydrogen-bond donors (Lipinski definition) is 12. The average Bonchev–Trinajstić information content (AvgIpc) is 3.64. The van der Waals surface area contributed by atoms with E-state index in [1.807, 2.05) is 0 Å². The Labute approximate surface area is 366 Å². The first-order valence-electron chi connectivity index (χ1n) is 20.2. The van der Waals surface area contributed by atoms with Crippen LogP contribution in [-0.2, 0) is 33.3 Å². The van der Waals surface area contributed by atoms with Gasteiger partial charge >= 0.3 is 11.9 Å². The Morgan fingerprint density at radius 2 is 1.90 bits per heavy atom. The molecule has 5 aliphatic rings. The van der Waals surface area contributed by atoms with Crippen LogP contribution < -0.4 is 16.4 Å². The van der Waals surface area contributed by atoms with Crippen LogP contribution in [0.4, 0.5) is 0 Å². The SMILES string of the molecule is C=C[C@H]1[C@H](O[C@@H]2O[C@H](CO)[C@@H](O)C(O)(O)[C@H]2O[C@H](CO)NC)OC=C2C(=O)O[C@@H]3CC[C@@H](CO)[C@H]3CSSC[C@H](CO)N3C=C(C(=O)O)C(NC(N)=NCCCO)=C(/C=C/[C@H]21)C3. The maximum atomic E-state index is 14.3. The molecule has 0 unspecified atom stereocenters. The summed E-state index contributed by atoms with van der Waals surface area (Å²) in [5.74, 6) is -6.85. The zero-order valence-corrected chi connectivity index (χ0v) is 35.8. The average molecular weight is 918 g/mol. The lowest BCUT2D eigenvalue weighted by atomic mass is 9.83. The lowest BCUT2D eigenvalue weighted by Gasteiger charge is -2.48. The first-order valence-corrected chi connectivity index (χ1v) is 22.7. The largest absolute Gasteiger partial charge is 0.478 e. The van der Waals surface area contributed by atoms with Crippen LogP contribution in [-0.4, -0.2) is 188 Å². The van der Waals surface area contributed by atoms with Gasteiger partial charge in [-0.1, -0.05) is 39.8 Å².